The molecular weight excluding hydrogens is 328 g/mol. The van der Waals surface area contributed by atoms with E-state index in [1.807, 2.05) is 0 Å². The Labute approximate surface area is 139 Å². The molecule has 0 spiro atoms. The summed E-state index contributed by atoms with van der Waals surface area (Å²) in [4.78, 5) is 11.2. The molecule has 22 heavy (non-hydrogen) atoms. The number of ether oxygens (including phenoxy) is 1. The third kappa shape index (κ3) is 12.3. The Morgan fingerprint density at radius 3 is 1.82 bits per heavy atom. The summed E-state index contributed by atoms with van der Waals surface area (Å²) in [5.74, 6) is -0.265. The lowest BCUT2D eigenvalue weighted by atomic mass is 10.3. The topological polar surface area (TPSA) is 44.8 Å². The largest absolute Gasteiger partial charge is 0.463 e. The Bertz CT molecular complexity index is 354. The lowest BCUT2D eigenvalue weighted by Crippen LogP contribution is -2.52. The van der Waals surface area contributed by atoms with Gasteiger partial charge in [0.15, 0.2) is 16.6 Å². The first kappa shape index (κ1) is 21.8. The standard InChI is InChI=1S/C15H34O4Si3/c1-9-12-15(16)17-13-10-11-14-22(8,18-20(2,3)4)19-21(5,6)7/h9,12H,10-11,13-14H2,1-8H3. The molecule has 0 aliphatic carbocycles. The van der Waals surface area contributed by atoms with Gasteiger partial charge < -0.3 is 13.0 Å². The van der Waals surface area contributed by atoms with Crippen LogP contribution in [0.25, 0.3) is 0 Å². The Kier molecular flexibility index (Phi) is 9.08. The minimum Gasteiger partial charge on any atom is -0.463 e. The van der Waals surface area contributed by atoms with E-state index in [0.29, 0.717) is 6.61 Å². The summed E-state index contributed by atoms with van der Waals surface area (Å²) in [6.07, 6.45) is 4.97. The molecule has 0 fully saturated rings. The number of rotatable bonds is 10. The highest BCUT2D eigenvalue weighted by Crippen LogP contribution is 2.25. The molecule has 0 aliphatic rings. The van der Waals surface area contributed by atoms with Crippen molar-refractivity contribution in [1.29, 1.82) is 0 Å². The van der Waals surface area contributed by atoms with Gasteiger partial charge in [-0.05, 0) is 71.6 Å². The van der Waals surface area contributed by atoms with Crippen LogP contribution in [0.15, 0.2) is 12.2 Å². The number of hydrogen-bond acceptors (Lipinski definition) is 4. The molecule has 0 rings (SSSR count). The van der Waals surface area contributed by atoms with Crippen molar-refractivity contribution in [2.45, 2.75) is 71.6 Å². The van der Waals surface area contributed by atoms with Crippen LogP contribution >= 0.6 is 0 Å². The fourth-order valence-electron chi connectivity index (χ4n) is 2.32. The van der Waals surface area contributed by atoms with Gasteiger partial charge >= 0.3 is 14.5 Å². The molecule has 0 atom stereocenters. The van der Waals surface area contributed by atoms with Crippen LogP contribution in [0.3, 0.4) is 0 Å². The number of carbonyl (C=O) groups is 1. The molecule has 0 aliphatic heterocycles. The predicted octanol–water partition coefficient (Wildman–Crippen LogP) is 4.66. The van der Waals surface area contributed by atoms with Crippen LogP contribution in [0, 0.1) is 0 Å². The second-order valence-corrected chi connectivity index (χ2v) is 20.5. The molecule has 7 heteroatoms. The van der Waals surface area contributed by atoms with Crippen molar-refractivity contribution in [3.05, 3.63) is 12.2 Å². The molecule has 4 nitrogen and oxygen atoms in total. The minimum atomic E-state index is -2.14. The molecule has 0 heterocycles. The zero-order valence-corrected chi connectivity index (χ0v) is 18.6. The second-order valence-electron chi connectivity index (χ2n) is 7.69. The van der Waals surface area contributed by atoms with Crippen molar-refractivity contribution in [1.82, 2.24) is 0 Å². The van der Waals surface area contributed by atoms with Gasteiger partial charge in [-0.1, -0.05) is 6.08 Å². The van der Waals surface area contributed by atoms with Gasteiger partial charge in [-0.2, -0.15) is 0 Å². The monoisotopic (exact) mass is 362 g/mol. The highest BCUT2D eigenvalue weighted by atomic mass is 28.5. The Hall–Kier alpha value is -0.219. The summed E-state index contributed by atoms with van der Waals surface area (Å²) in [6.45, 7) is 17.7. The number of esters is 1. The van der Waals surface area contributed by atoms with E-state index in [0.717, 1.165) is 18.9 Å². The third-order valence-electron chi connectivity index (χ3n) is 2.62. The molecular formula is C15H34O4Si3. The summed E-state index contributed by atoms with van der Waals surface area (Å²) >= 11 is 0. The first-order valence-corrected chi connectivity index (χ1v) is 17.4. The number of hydrogen-bond donors (Lipinski definition) is 0. The Balaban J connectivity index is 4.39. The number of unbranched alkanes of at least 4 members (excludes halogenated alkanes) is 1. The average molecular weight is 363 g/mol. The van der Waals surface area contributed by atoms with Crippen molar-refractivity contribution < 1.29 is 17.8 Å². The molecule has 0 unspecified atom stereocenters. The second kappa shape index (κ2) is 9.17. The molecule has 0 N–H and O–H groups in total. The van der Waals surface area contributed by atoms with E-state index in [2.05, 4.69) is 45.8 Å². The molecule has 0 aromatic carbocycles. The van der Waals surface area contributed by atoms with Crippen molar-refractivity contribution in [3.63, 3.8) is 0 Å². The van der Waals surface area contributed by atoms with Crippen LogP contribution in [-0.4, -0.2) is 37.8 Å². The fourth-order valence-corrected chi connectivity index (χ4v) is 14.9. The van der Waals surface area contributed by atoms with Crippen LogP contribution in [0.2, 0.25) is 51.9 Å². The highest BCUT2D eigenvalue weighted by Gasteiger charge is 2.39. The zero-order valence-electron chi connectivity index (χ0n) is 15.6. The number of allylic oxidation sites excluding steroid dienone is 1. The zero-order chi connectivity index (χ0) is 17.4. The Morgan fingerprint density at radius 2 is 1.41 bits per heavy atom. The first-order valence-electron chi connectivity index (χ1n) is 8.07. The average Bonchev–Trinajstić information content (AvgIpc) is 2.23. The Morgan fingerprint density at radius 1 is 0.909 bits per heavy atom. The maximum Gasteiger partial charge on any atom is 0.330 e. The maximum atomic E-state index is 11.2. The summed E-state index contributed by atoms with van der Waals surface area (Å²) in [5, 5.41) is 0. The van der Waals surface area contributed by atoms with Gasteiger partial charge in [0.05, 0.1) is 6.61 Å². The van der Waals surface area contributed by atoms with E-state index in [-0.39, 0.29) is 5.97 Å². The van der Waals surface area contributed by atoms with E-state index in [9.17, 15) is 4.79 Å². The van der Waals surface area contributed by atoms with E-state index in [4.69, 9.17) is 13.0 Å². The van der Waals surface area contributed by atoms with E-state index in [1.165, 1.54) is 6.08 Å². The van der Waals surface area contributed by atoms with Gasteiger partial charge in [0.1, 0.15) is 0 Å². The molecule has 0 aromatic heterocycles. The molecule has 0 radical (unpaired) electrons. The van der Waals surface area contributed by atoms with Crippen LogP contribution < -0.4 is 0 Å². The molecule has 0 bridgehead atoms. The smallest absolute Gasteiger partial charge is 0.330 e. The SMILES string of the molecule is CC=CC(=O)OCCCC[Si](C)(O[Si](C)(C)C)O[Si](C)(C)C. The first-order chi connectivity index (χ1) is 9.87. The van der Waals surface area contributed by atoms with Gasteiger partial charge in [0, 0.05) is 6.08 Å². The van der Waals surface area contributed by atoms with E-state index in [1.54, 1.807) is 13.0 Å². The molecule has 0 aromatic rings. The van der Waals surface area contributed by atoms with Crippen molar-refractivity contribution in [2.24, 2.45) is 0 Å². The maximum absolute atomic E-state index is 11.2. The lowest BCUT2D eigenvalue weighted by molar-refractivity contribution is -0.137. The fraction of sp³-hybridized carbons (Fsp3) is 0.800. The minimum absolute atomic E-state index is 0.265. The predicted molar refractivity (Wildman–Crippen MR) is 100 cm³/mol. The summed E-state index contributed by atoms with van der Waals surface area (Å²) < 4.78 is 18.0. The van der Waals surface area contributed by atoms with E-state index >= 15 is 0 Å². The molecule has 0 saturated carbocycles. The van der Waals surface area contributed by atoms with Crippen LogP contribution in [0.5, 0.6) is 0 Å². The molecule has 0 saturated heterocycles. The third-order valence-corrected chi connectivity index (χ3v) is 12.2. The van der Waals surface area contributed by atoms with E-state index < -0.39 is 25.2 Å². The van der Waals surface area contributed by atoms with Crippen molar-refractivity contribution in [2.75, 3.05) is 6.61 Å². The molecule has 130 valence electrons. The van der Waals surface area contributed by atoms with Crippen LogP contribution in [-0.2, 0) is 17.8 Å². The van der Waals surface area contributed by atoms with Gasteiger partial charge in [-0.15, -0.1) is 0 Å². The van der Waals surface area contributed by atoms with Gasteiger partial charge in [-0.3, -0.25) is 0 Å². The quantitative estimate of drug-likeness (QED) is 0.245. The van der Waals surface area contributed by atoms with Gasteiger partial charge in [0.25, 0.3) is 0 Å². The summed E-state index contributed by atoms with van der Waals surface area (Å²) in [6, 6.07) is 0.961. The van der Waals surface area contributed by atoms with Crippen molar-refractivity contribution >= 4 is 31.2 Å². The van der Waals surface area contributed by atoms with Crippen LogP contribution in [0.4, 0.5) is 0 Å². The van der Waals surface area contributed by atoms with Crippen molar-refractivity contribution in [3.8, 4) is 0 Å². The lowest BCUT2D eigenvalue weighted by Gasteiger charge is -2.38. The number of carbonyl (C=O) groups excluding carboxylic acids is 1. The van der Waals surface area contributed by atoms with Gasteiger partial charge in [0.2, 0.25) is 0 Å². The summed E-state index contributed by atoms with van der Waals surface area (Å²) in [5.41, 5.74) is 0. The van der Waals surface area contributed by atoms with Gasteiger partial charge in [-0.25, -0.2) is 4.79 Å². The van der Waals surface area contributed by atoms with Crippen LogP contribution in [0.1, 0.15) is 19.8 Å². The normalized spacial score (nSPS) is 13.6. The molecule has 0 amide bonds. The summed E-state index contributed by atoms with van der Waals surface area (Å²) in [7, 11) is -5.39. The highest BCUT2D eigenvalue weighted by molar-refractivity contribution is 6.87.